The van der Waals surface area contributed by atoms with Crippen molar-refractivity contribution in [2.75, 3.05) is 57.8 Å². The molecule has 15 heteroatoms. The highest BCUT2D eigenvalue weighted by Crippen LogP contribution is 2.37. The van der Waals surface area contributed by atoms with E-state index in [2.05, 4.69) is 20.1 Å². The summed E-state index contributed by atoms with van der Waals surface area (Å²) in [5, 5.41) is 5.85. The third-order valence-electron chi connectivity index (χ3n) is 10.1. The van der Waals surface area contributed by atoms with Gasteiger partial charge in [-0.3, -0.25) is 24.5 Å². The minimum atomic E-state index is -0.885. The van der Waals surface area contributed by atoms with E-state index >= 15 is 4.39 Å². The van der Waals surface area contributed by atoms with Crippen LogP contribution < -0.4 is 10.2 Å². The quantitative estimate of drug-likeness (QED) is 0.305. The molecule has 11 nitrogen and oxygen atoms in total. The molecule has 0 unspecified atom stereocenters. The van der Waals surface area contributed by atoms with Crippen LogP contribution in [0.4, 0.5) is 19.3 Å². The van der Waals surface area contributed by atoms with Gasteiger partial charge in [0.15, 0.2) is 10.8 Å². The molecule has 268 valence electrons. The normalized spacial score (nSPS) is 21.8. The number of Topliss-reactive ketones (excluding diaryl/α,β-unsaturated/α-hetero) is 1. The Balaban J connectivity index is 1.08. The van der Waals surface area contributed by atoms with Gasteiger partial charge < -0.3 is 15.0 Å². The fourth-order valence-corrected chi connectivity index (χ4v) is 8.29. The number of thiazole rings is 1. The molecule has 3 saturated heterocycles. The van der Waals surface area contributed by atoms with Crippen LogP contribution in [0.3, 0.4) is 0 Å². The molecule has 7 rings (SSSR count). The van der Waals surface area contributed by atoms with Crippen molar-refractivity contribution in [3.8, 4) is 0 Å². The Kier molecular flexibility index (Phi) is 10.2. The van der Waals surface area contributed by atoms with Gasteiger partial charge in [-0.15, -0.1) is 11.3 Å². The van der Waals surface area contributed by atoms with E-state index in [9.17, 15) is 18.8 Å². The number of aliphatic imine (C=N–C) groups is 1. The molecule has 0 spiro atoms. The smallest absolute Gasteiger partial charge is 0.338 e. The van der Waals surface area contributed by atoms with E-state index in [-0.39, 0.29) is 46.6 Å². The highest BCUT2D eigenvalue weighted by molar-refractivity contribution is 7.11. The van der Waals surface area contributed by atoms with Gasteiger partial charge in [0.25, 0.3) is 0 Å². The maximum atomic E-state index is 15.6. The zero-order valence-electron chi connectivity index (χ0n) is 28.3. The molecule has 5 heterocycles. The minimum Gasteiger partial charge on any atom is -0.466 e. The van der Waals surface area contributed by atoms with Crippen LogP contribution in [-0.2, 0) is 20.9 Å². The van der Waals surface area contributed by atoms with Gasteiger partial charge in [0.2, 0.25) is 0 Å². The number of hydrogen-bond donors (Lipinski definition) is 1. The first-order valence-corrected chi connectivity index (χ1v) is 18.2. The van der Waals surface area contributed by atoms with Crippen LogP contribution in [0.5, 0.6) is 0 Å². The van der Waals surface area contributed by atoms with Crippen molar-refractivity contribution in [2.45, 2.75) is 38.4 Å². The Morgan fingerprint density at radius 1 is 1.04 bits per heavy atom. The molecule has 0 radical (unpaired) electrons. The maximum Gasteiger partial charge on any atom is 0.338 e. The number of rotatable bonds is 9. The number of amides is 2. The van der Waals surface area contributed by atoms with Crippen LogP contribution >= 0.6 is 22.9 Å². The first-order chi connectivity index (χ1) is 24.6. The number of carbonyl (C=O) groups excluding carboxylic acids is 3. The Bertz CT molecular complexity index is 1900. The molecule has 4 aliphatic rings. The summed E-state index contributed by atoms with van der Waals surface area (Å²) in [5.41, 5.74) is 2.29. The summed E-state index contributed by atoms with van der Waals surface area (Å²) in [7, 11) is 1.29. The van der Waals surface area contributed by atoms with Crippen molar-refractivity contribution < 1.29 is 27.9 Å². The number of anilines is 1. The van der Waals surface area contributed by atoms with Gasteiger partial charge in [-0.2, -0.15) is 0 Å². The van der Waals surface area contributed by atoms with Crippen molar-refractivity contribution in [1.29, 1.82) is 0 Å². The standard InChI is InChI=1S/C36H38ClF2N7O4S/c1-21(47)23-7-10-43(11-8-23)17-22-3-6-30(28(39)15-22)46-19-25-18-44(12-13-45(25)36(46)49)20-29-31(35(48)50-2)32(26-5-4-24(38)16-27(26)37)42-33(41-29)34-40-9-14-51-34/h3-6,9,14-16,23,25,32H,7-8,10-13,17-20H2,1-2H3,(H,41,42)/t25-,32-/m0/s1. The molecular weight excluding hydrogens is 700 g/mol. The molecule has 4 aliphatic heterocycles. The number of halogens is 3. The Labute approximate surface area is 303 Å². The third kappa shape index (κ3) is 7.27. The van der Waals surface area contributed by atoms with Gasteiger partial charge in [-0.1, -0.05) is 23.7 Å². The van der Waals surface area contributed by atoms with E-state index in [1.54, 1.807) is 24.1 Å². The number of nitrogens with zero attached hydrogens (tertiary/aromatic N) is 6. The second-order valence-electron chi connectivity index (χ2n) is 13.3. The Hall–Kier alpha value is -4.24. The van der Waals surface area contributed by atoms with E-state index in [1.165, 1.54) is 47.6 Å². The summed E-state index contributed by atoms with van der Waals surface area (Å²) in [6, 6.07) is 7.68. The SMILES string of the molecule is COC(=O)C1=C(CN2CCN3C(=O)N(c4ccc(CN5CCC(C(C)=O)CC5)cc4F)C[C@@H]3C2)NC(c2nccs2)=N[C@H]1c1ccc(F)cc1Cl. The van der Waals surface area contributed by atoms with E-state index < -0.39 is 23.6 Å². The summed E-state index contributed by atoms with van der Waals surface area (Å²) in [6.45, 7) is 5.79. The maximum absolute atomic E-state index is 15.6. The topological polar surface area (TPSA) is 111 Å². The number of piperidine rings is 1. The summed E-state index contributed by atoms with van der Waals surface area (Å²) >= 11 is 7.87. The van der Waals surface area contributed by atoms with E-state index in [1.807, 2.05) is 11.4 Å². The van der Waals surface area contributed by atoms with Gasteiger partial charge in [-0.05, 0) is 62.7 Å². The molecule has 3 aromatic rings. The van der Waals surface area contributed by atoms with Crippen LogP contribution in [0.15, 0.2) is 64.2 Å². The Morgan fingerprint density at radius 3 is 2.53 bits per heavy atom. The number of amidine groups is 1. The first-order valence-electron chi connectivity index (χ1n) is 16.9. The monoisotopic (exact) mass is 737 g/mol. The molecule has 1 N–H and O–H groups in total. The molecule has 2 amide bonds. The Morgan fingerprint density at radius 2 is 1.84 bits per heavy atom. The highest BCUT2D eigenvalue weighted by Gasteiger charge is 2.43. The van der Waals surface area contributed by atoms with Gasteiger partial charge in [0, 0.05) is 73.0 Å². The fraction of sp³-hybridized carbons (Fsp3) is 0.417. The van der Waals surface area contributed by atoms with Gasteiger partial charge in [0.1, 0.15) is 23.5 Å². The highest BCUT2D eigenvalue weighted by atomic mass is 35.5. The lowest BCUT2D eigenvalue weighted by atomic mass is 9.93. The molecule has 0 bridgehead atoms. The first kappa shape index (κ1) is 35.2. The van der Waals surface area contributed by atoms with Crippen LogP contribution in [0.1, 0.15) is 41.9 Å². The number of carbonyl (C=O) groups is 3. The van der Waals surface area contributed by atoms with Crippen molar-refractivity contribution in [3.63, 3.8) is 0 Å². The number of esters is 1. The summed E-state index contributed by atoms with van der Waals surface area (Å²) in [5.74, 6) is -0.793. The summed E-state index contributed by atoms with van der Waals surface area (Å²) in [4.78, 5) is 55.5. The molecule has 3 fully saturated rings. The predicted molar refractivity (Wildman–Crippen MR) is 190 cm³/mol. The van der Waals surface area contributed by atoms with Crippen molar-refractivity contribution >= 4 is 52.2 Å². The molecule has 1 aromatic heterocycles. The number of aromatic nitrogens is 1. The van der Waals surface area contributed by atoms with Crippen molar-refractivity contribution in [1.82, 2.24) is 25.0 Å². The predicted octanol–water partition coefficient (Wildman–Crippen LogP) is 5.02. The number of methoxy groups -OCH3 is 1. The minimum absolute atomic E-state index is 0.105. The lowest BCUT2D eigenvalue weighted by Crippen LogP contribution is -2.53. The molecular formula is C36H38ClF2N7O4S. The molecule has 51 heavy (non-hydrogen) atoms. The van der Waals surface area contributed by atoms with Crippen LogP contribution in [0.25, 0.3) is 0 Å². The van der Waals surface area contributed by atoms with Crippen molar-refractivity contribution in [2.24, 2.45) is 10.9 Å². The zero-order chi connectivity index (χ0) is 35.8. The molecule has 2 atom stereocenters. The second-order valence-corrected chi connectivity index (χ2v) is 14.6. The second kappa shape index (κ2) is 14.8. The number of piperazine rings is 1. The molecule has 2 aromatic carbocycles. The van der Waals surface area contributed by atoms with Crippen LogP contribution in [0, 0.1) is 17.6 Å². The lowest BCUT2D eigenvalue weighted by molar-refractivity contribution is -0.136. The number of urea groups is 1. The molecule has 0 aliphatic carbocycles. The van der Waals surface area contributed by atoms with Gasteiger partial charge >= 0.3 is 12.0 Å². The molecule has 0 saturated carbocycles. The van der Waals surface area contributed by atoms with E-state index in [0.29, 0.717) is 54.8 Å². The third-order valence-corrected chi connectivity index (χ3v) is 11.2. The largest absolute Gasteiger partial charge is 0.466 e. The summed E-state index contributed by atoms with van der Waals surface area (Å²) < 4.78 is 34.8. The number of ketones is 1. The van der Waals surface area contributed by atoms with Crippen molar-refractivity contribution in [3.05, 3.63) is 92.0 Å². The number of ether oxygens (including phenoxy) is 1. The number of nitrogens with one attached hydrogen (secondary N) is 1. The number of benzene rings is 2. The van der Waals surface area contributed by atoms with E-state index in [0.717, 1.165) is 31.5 Å². The van der Waals surface area contributed by atoms with E-state index in [4.69, 9.17) is 21.3 Å². The number of hydrogen-bond acceptors (Lipinski definition) is 10. The van der Waals surface area contributed by atoms with Gasteiger partial charge in [-0.25, -0.2) is 23.4 Å². The summed E-state index contributed by atoms with van der Waals surface area (Å²) in [6.07, 6.45) is 3.28. The zero-order valence-corrected chi connectivity index (χ0v) is 29.9. The van der Waals surface area contributed by atoms with Crippen LogP contribution in [-0.4, -0.2) is 102 Å². The van der Waals surface area contributed by atoms with Crippen LogP contribution in [0.2, 0.25) is 5.02 Å². The average molecular weight is 738 g/mol. The van der Waals surface area contributed by atoms with Gasteiger partial charge in [0.05, 0.1) is 24.4 Å². The fourth-order valence-electron chi connectivity index (χ4n) is 7.43. The lowest BCUT2D eigenvalue weighted by Gasteiger charge is -2.38. The number of likely N-dealkylation sites (tertiary alicyclic amines) is 1. The average Bonchev–Trinajstić information content (AvgIpc) is 3.76. The number of fused-ring (bicyclic) bond motifs is 1.